The summed E-state index contributed by atoms with van der Waals surface area (Å²) in [5.41, 5.74) is 6.73. The van der Waals surface area contributed by atoms with Gasteiger partial charge < -0.3 is 38.9 Å². The molecule has 0 fully saturated rings. The summed E-state index contributed by atoms with van der Waals surface area (Å²) in [6.07, 6.45) is 29.6. The molecule has 346 valence electrons. The number of nitrogens with two attached hydrogens (primary N) is 1. The smallest absolute Gasteiger partial charge is 0.305 e. The molecule has 0 aromatic heterocycles. The lowest BCUT2D eigenvalue weighted by molar-refractivity contribution is -0.282. The highest BCUT2D eigenvalue weighted by Gasteiger charge is 2.10. The van der Waals surface area contributed by atoms with Crippen molar-refractivity contribution in [1.82, 2.24) is 0 Å². The predicted molar refractivity (Wildman–Crippen MR) is 240 cm³/mol. The van der Waals surface area contributed by atoms with E-state index < -0.39 is 0 Å². The van der Waals surface area contributed by atoms with Gasteiger partial charge >= 0.3 is 5.97 Å². The van der Waals surface area contributed by atoms with Crippen molar-refractivity contribution in [3.63, 3.8) is 0 Å². The normalized spacial score (nSPS) is 11.9. The van der Waals surface area contributed by atoms with E-state index in [-0.39, 0.29) is 12.1 Å². The Morgan fingerprint density at radius 2 is 0.932 bits per heavy atom. The Hall–Kier alpha value is -2.15. The zero-order valence-corrected chi connectivity index (χ0v) is 37.9. The molecule has 0 aliphatic heterocycles. The van der Waals surface area contributed by atoms with Crippen LogP contribution in [0.2, 0.25) is 0 Å². The lowest BCUT2D eigenvalue weighted by Crippen LogP contribution is -2.15. The second-order valence-corrected chi connectivity index (χ2v) is 15.9. The number of anilines is 1. The van der Waals surface area contributed by atoms with E-state index in [1.165, 1.54) is 83.5 Å². The van der Waals surface area contributed by atoms with E-state index in [0.717, 1.165) is 102 Å². The first-order valence-electron chi connectivity index (χ1n) is 24.0. The maximum Gasteiger partial charge on any atom is 0.305 e. The van der Waals surface area contributed by atoms with Gasteiger partial charge in [-0.15, -0.1) is 0 Å². The third-order valence-corrected chi connectivity index (χ3v) is 10.4. The molecule has 1 rings (SSSR count). The fourth-order valence-corrected chi connectivity index (χ4v) is 6.74. The van der Waals surface area contributed by atoms with Gasteiger partial charge in [-0.2, -0.15) is 0 Å². The predicted octanol–water partition coefficient (Wildman–Crippen LogP) is 12.1. The maximum absolute atomic E-state index is 11.9. The van der Waals surface area contributed by atoms with E-state index in [4.69, 9.17) is 38.9 Å². The molecule has 1 atom stereocenters. The van der Waals surface area contributed by atoms with E-state index in [0.29, 0.717) is 78.0 Å². The zero-order valence-electron chi connectivity index (χ0n) is 37.9. The minimum absolute atomic E-state index is 0.131. The maximum atomic E-state index is 11.9. The van der Waals surface area contributed by atoms with Crippen molar-refractivity contribution in [3.05, 3.63) is 18.2 Å². The quantitative estimate of drug-likeness (QED) is 0.0213. The number of carbonyl (C=O) groups excluding carboxylic acids is 1. The Labute approximate surface area is 360 Å². The fraction of sp³-hybridized carbons (Fsp3) is 0.854. The molecule has 1 aromatic rings. The van der Waals surface area contributed by atoms with Crippen LogP contribution in [0.1, 0.15) is 187 Å². The van der Waals surface area contributed by atoms with Crippen molar-refractivity contribution in [2.75, 3.05) is 78.4 Å². The van der Waals surface area contributed by atoms with Gasteiger partial charge in [0, 0.05) is 44.4 Å². The minimum atomic E-state index is -0.155. The SMILES string of the molecule is CCCCCCOCCOCCOC(=O)CCCCCCCCCCOc1ccc(N)cc1OCCCCCCCCCCC(CCOCCOCCCCCC)OO. The number of unbranched alkanes of at least 4 members (excludes halogenated alkanes) is 20. The average Bonchev–Trinajstić information content (AvgIpc) is 3.24. The number of rotatable bonds is 47. The molecule has 0 spiro atoms. The summed E-state index contributed by atoms with van der Waals surface area (Å²) >= 11 is 0. The Bertz CT molecular complexity index is 1030. The molecule has 0 heterocycles. The molecule has 11 nitrogen and oxygen atoms in total. The van der Waals surface area contributed by atoms with Crippen LogP contribution in [0.15, 0.2) is 18.2 Å². The van der Waals surface area contributed by atoms with Crippen LogP contribution in [0.3, 0.4) is 0 Å². The molecular formula is C48H89NO10. The monoisotopic (exact) mass is 840 g/mol. The number of carbonyl (C=O) groups is 1. The fourth-order valence-electron chi connectivity index (χ4n) is 6.74. The van der Waals surface area contributed by atoms with Crippen LogP contribution < -0.4 is 15.2 Å². The van der Waals surface area contributed by atoms with Crippen molar-refractivity contribution in [3.8, 4) is 11.5 Å². The third-order valence-electron chi connectivity index (χ3n) is 10.4. The van der Waals surface area contributed by atoms with Crippen LogP contribution in [0.25, 0.3) is 0 Å². The second-order valence-electron chi connectivity index (χ2n) is 15.9. The number of hydrogen-bond donors (Lipinski definition) is 2. The van der Waals surface area contributed by atoms with Gasteiger partial charge in [-0.05, 0) is 50.7 Å². The van der Waals surface area contributed by atoms with Gasteiger partial charge in [0.1, 0.15) is 6.61 Å². The summed E-state index contributed by atoms with van der Waals surface area (Å²) in [5.74, 6) is 1.37. The standard InChI is InChI=1S/C48H89NO10/c1-3-5-7-23-32-52-37-39-54-36-31-45(59-51)27-21-17-13-9-11-16-20-26-35-57-47-43-44(49)29-30-46(47)56-34-25-19-15-12-10-14-18-22-28-48(50)58-42-41-55-40-38-53-33-24-8-6-4-2/h29-30,43,45,51H,3-28,31-42,49H2,1-2H3. The lowest BCUT2D eigenvalue weighted by atomic mass is 10.0. The van der Waals surface area contributed by atoms with Gasteiger partial charge in [0.15, 0.2) is 11.5 Å². The van der Waals surface area contributed by atoms with Crippen molar-refractivity contribution < 1.29 is 48.1 Å². The Morgan fingerprint density at radius 3 is 1.49 bits per heavy atom. The van der Waals surface area contributed by atoms with Crippen LogP contribution in [-0.4, -0.2) is 90.0 Å². The number of benzene rings is 1. The molecule has 3 N–H and O–H groups in total. The van der Waals surface area contributed by atoms with Gasteiger partial charge in [-0.25, -0.2) is 4.89 Å². The summed E-state index contributed by atoms with van der Waals surface area (Å²) in [7, 11) is 0. The third kappa shape index (κ3) is 37.3. The first kappa shape index (κ1) is 54.9. The van der Waals surface area contributed by atoms with E-state index >= 15 is 0 Å². The van der Waals surface area contributed by atoms with Crippen LogP contribution in [0.5, 0.6) is 11.5 Å². The number of nitrogen functional groups attached to an aromatic ring is 1. The van der Waals surface area contributed by atoms with Crippen molar-refractivity contribution >= 4 is 11.7 Å². The van der Waals surface area contributed by atoms with Gasteiger partial charge in [0.2, 0.25) is 0 Å². The summed E-state index contributed by atoms with van der Waals surface area (Å²) in [6.45, 7) is 11.0. The molecule has 0 amide bonds. The number of ether oxygens (including phenoxy) is 7. The summed E-state index contributed by atoms with van der Waals surface area (Å²) < 4.78 is 39.7. The molecular weight excluding hydrogens is 751 g/mol. The van der Waals surface area contributed by atoms with Crippen molar-refractivity contribution in [2.45, 2.75) is 193 Å². The summed E-state index contributed by atoms with van der Waals surface area (Å²) in [6, 6.07) is 5.65. The van der Waals surface area contributed by atoms with Crippen LogP contribution in [-0.2, 0) is 33.4 Å². The van der Waals surface area contributed by atoms with Crippen molar-refractivity contribution in [2.24, 2.45) is 0 Å². The van der Waals surface area contributed by atoms with Gasteiger partial charge in [-0.1, -0.05) is 136 Å². The van der Waals surface area contributed by atoms with Crippen molar-refractivity contribution in [1.29, 1.82) is 0 Å². The highest BCUT2D eigenvalue weighted by molar-refractivity contribution is 5.69. The summed E-state index contributed by atoms with van der Waals surface area (Å²) in [4.78, 5) is 16.6. The number of esters is 1. The molecule has 0 radical (unpaired) electrons. The molecule has 0 aliphatic rings. The Kier molecular flexibility index (Phi) is 40.8. The largest absolute Gasteiger partial charge is 0.490 e. The number of hydrogen-bond acceptors (Lipinski definition) is 11. The molecule has 59 heavy (non-hydrogen) atoms. The van der Waals surface area contributed by atoms with E-state index in [2.05, 4.69) is 18.7 Å². The van der Waals surface area contributed by atoms with Crippen LogP contribution >= 0.6 is 0 Å². The highest BCUT2D eigenvalue weighted by atomic mass is 17.1. The first-order valence-corrected chi connectivity index (χ1v) is 24.0. The van der Waals surface area contributed by atoms with Gasteiger partial charge in [0.25, 0.3) is 0 Å². The molecule has 11 heteroatoms. The molecule has 0 saturated carbocycles. The topological polar surface area (TPSA) is 137 Å². The van der Waals surface area contributed by atoms with Crippen LogP contribution in [0, 0.1) is 0 Å². The molecule has 1 aromatic carbocycles. The zero-order chi connectivity index (χ0) is 42.5. The van der Waals surface area contributed by atoms with E-state index in [1.807, 2.05) is 18.2 Å². The average molecular weight is 840 g/mol. The first-order chi connectivity index (χ1) is 29.1. The summed E-state index contributed by atoms with van der Waals surface area (Å²) in [5, 5.41) is 9.25. The van der Waals surface area contributed by atoms with E-state index in [1.54, 1.807) is 0 Å². The minimum Gasteiger partial charge on any atom is -0.490 e. The highest BCUT2D eigenvalue weighted by Crippen LogP contribution is 2.30. The molecule has 0 saturated heterocycles. The molecule has 1 unspecified atom stereocenters. The molecule has 0 bridgehead atoms. The van der Waals surface area contributed by atoms with Gasteiger partial charge in [-0.3, -0.25) is 10.1 Å². The Morgan fingerprint density at radius 1 is 0.492 bits per heavy atom. The lowest BCUT2D eigenvalue weighted by Gasteiger charge is -2.14. The van der Waals surface area contributed by atoms with Gasteiger partial charge in [0.05, 0.1) is 52.4 Å². The Balaban J connectivity index is 1.94. The van der Waals surface area contributed by atoms with Crippen LogP contribution in [0.4, 0.5) is 5.69 Å². The second kappa shape index (κ2) is 43.9. The molecule has 0 aliphatic carbocycles. The van der Waals surface area contributed by atoms with E-state index in [9.17, 15) is 10.1 Å².